The monoisotopic (exact) mass is 391 g/mol. The maximum atomic E-state index is 12.5. The maximum Gasteiger partial charge on any atom is 0.257 e. The molecular weight excluding hydrogens is 370 g/mol. The second-order valence-corrected chi connectivity index (χ2v) is 7.25. The van der Waals surface area contributed by atoms with E-state index in [-0.39, 0.29) is 11.9 Å². The second-order valence-electron chi connectivity index (χ2n) is 6.33. The number of aryl methyl sites for hydroxylation is 2. The summed E-state index contributed by atoms with van der Waals surface area (Å²) in [6, 6.07) is 2.34. The molecule has 1 saturated heterocycles. The Balaban J connectivity index is 1.63. The fraction of sp³-hybridized carbons (Fsp3) is 0.471. The summed E-state index contributed by atoms with van der Waals surface area (Å²) in [4.78, 5) is 21.2. The highest BCUT2D eigenvalue weighted by Crippen LogP contribution is 2.25. The summed E-state index contributed by atoms with van der Waals surface area (Å²) in [5, 5.41) is 4.08. The van der Waals surface area contributed by atoms with Crippen molar-refractivity contribution in [1.29, 1.82) is 0 Å². The Hall–Kier alpha value is -1.89. The summed E-state index contributed by atoms with van der Waals surface area (Å²) in [6.07, 6.45) is 7.12. The Morgan fingerprint density at radius 3 is 2.62 bits per heavy atom. The van der Waals surface area contributed by atoms with Gasteiger partial charge in [0, 0.05) is 50.1 Å². The molecule has 24 heavy (non-hydrogen) atoms. The molecule has 1 aliphatic heterocycles. The maximum absolute atomic E-state index is 12.5. The zero-order valence-corrected chi connectivity index (χ0v) is 15.8. The van der Waals surface area contributed by atoms with Crippen LogP contribution in [0.1, 0.15) is 28.8 Å². The fourth-order valence-electron chi connectivity index (χ4n) is 3.23. The van der Waals surface area contributed by atoms with Crippen LogP contribution in [-0.2, 0) is 7.05 Å². The molecule has 1 fully saturated rings. The molecular formula is C17H22BrN5O. The first-order chi connectivity index (χ1) is 11.5. The molecule has 0 N–H and O–H groups in total. The van der Waals surface area contributed by atoms with Crippen LogP contribution >= 0.6 is 15.9 Å². The number of carbonyl (C=O) groups is 1. The van der Waals surface area contributed by atoms with Crippen LogP contribution in [0.15, 0.2) is 29.1 Å². The molecule has 2 aromatic rings. The van der Waals surface area contributed by atoms with Gasteiger partial charge in [0.05, 0.1) is 11.8 Å². The number of piperidine rings is 1. The summed E-state index contributed by atoms with van der Waals surface area (Å²) in [6.45, 7) is 3.90. The van der Waals surface area contributed by atoms with Crippen molar-refractivity contribution < 1.29 is 4.79 Å². The number of nitrogens with zero attached hydrogens (tertiary/aromatic N) is 5. The summed E-state index contributed by atoms with van der Waals surface area (Å²) in [5.41, 5.74) is 1.82. The third kappa shape index (κ3) is 3.45. The van der Waals surface area contributed by atoms with E-state index in [1.165, 1.54) is 5.56 Å². The number of hydrogen-bond acceptors (Lipinski definition) is 4. The smallest absolute Gasteiger partial charge is 0.257 e. The van der Waals surface area contributed by atoms with Crippen molar-refractivity contribution in [3.63, 3.8) is 0 Å². The van der Waals surface area contributed by atoms with Crippen molar-refractivity contribution in [3.8, 4) is 0 Å². The molecule has 128 valence electrons. The van der Waals surface area contributed by atoms with Crippen LogP contribution in [0.4, 0.5) is 5.82 Å². The molecule has 1 amide bonds. The van der Waals surface area contributed by atoms with Gasteiger partial charge in [-0.15, -0.1) is 0 Å². The van der Waals surface area contributed by atoms with Crippen LogP contribution in [0.25, 0.3) is 0 Å². The SMILES string of the molecule is Cc1cc(Br)cnc1N1CCC(N(C)C(=O)c2cnn(C)c2)CC1. The molecule has 0 atom stereocenters. The van der Waals surface area contributed by atoms with Gasteiger partial charge >= 0.3 is 0 Å². The molecule has 2 aromatic heterocycles. The van der Waals surface area contributed by atoms with Crippen molar-refractivity contribution >= 4 is 27.7 Å². The van der Waals surface area contributed by atoms with Gasteiger partial charge in [0.2, 0.25) is 0 Å². The molecule has 0 bridgehead atoms. The van der Waals surface area contributed by atoms with Crippen LogP contribution < -0.4 is 4.90 Å². The van der Waals surface area contributed by atoms with E-state index in [9.17, 15) is 4.79 Å². The van der Waals surface area contributed by atoms with Crippen LogP contribution in [0.5, 0.6) is 0 Å². The van der Waals surface area contributed by atoms with E-state index in [2.05, 4.69) is 43.9 Å². The lowest BCUT2D eigenvalue weighted by molar-refractivity contribution is 0.0709. The quantitative estimate of drug-likeness (QED) is 0.806. The van der Waals surface area contributed by atoms with E-state index < -0.39 is 0 Å². The number of anilines is 1. The highest BCUT2D eigenvalue weighted by atomic mass is 79.9. The Morgan fingerprint density at radius 2 is 2.04 bits per heavy atom. The third-order valence-corrected chi connectivity index (χ3v) is 5.03. The summed E-state index contributed by atoms with van der Waals surface area (Å²) in [5.74, 6) is 1.08. The first-order valence-electron chi connectivity index (χ1n) is 8.08. The standard InChI is InChI=1S/C17H22BrN5O/c1-12-8-14(18)10-19-16(12)23-6-4-15(5-7-23)22(3)17(24)13-9-20-21(2)11-13/h8-11,15H,4-7H2,1-3H3. The normalized spacial score (nSPS) is 15.6. The van der Waals surface area contributed by atoms with Gasteiger partial charge in [-0.25, -0.2) is 4.98 Å². The highest BCUT2D eigenvalue weighted by Gasteiger charge is 2.27. The molecule has 0 spiro atoms. The minimum atomic E-state index is 0.0412. The predicted octanol–water partition coefficient (Wildman–Crippen LogP) is 2.63. The van der Waals surface area contributed by atoms with Crippen molar-refractivity contribution in [2.24, 2.45) is 7.05 Å². The average Bonchev–Trinajstić information content (AvgIpc) is 3.00. The number of rotatable bonds is 3. The van der Waals surface area contributed by atoms with Gasteiger partial charge in [0.15, 0.2) is 0 Å². The molecule has 3 rings (SSSR count). The summed E-state index contributed by atoms with van der Waals surface area (Å²) < 4.78 is 2.66. The molecule has 1 aliphatic rings. The highest BCUT2D eigenvalue weighted by molar-refractivity contribution is 9.10. The van der Waals surface area contributed by atoms with Gasteiger partial charge in [0.25, 0.3) is 5.91 Å². The number of halogens is 1. The fourth-order valence-corrected chi connectivity index (χ4v) is 3.68. The molecule has 7 heteroatoms. The van der Waals surface area contributed by atoms with Gasteiger partial charge in [-0.3, -0.25) is 9.48 Å². The molecule has 6 nitrogen and oxygen atoms in total. The lowest BCUT2D eigenvalue weighted by atomic mass is 10.0. The van der Waals surface area contributed by atoms with Crippen LogP contribution in [0.2, 0.25) is 0 Å². The summed E-state index contributed by atoms with van der Waals surface area (Å²) >= 11 is 3.46. The molecule has 0 aromatic carbocycles. The Bertz CT molecular complexity index is 736. The Morgan fingerprint density at radius 1 is 1.33 bits per heavy atom. The van der Waals surface area contributed by atoms with E-state index in [4.69, 9.17) is 0 Å². The topological polar surface area (TPSA) is 54.3 Å². The van der Waals surface area contributed by atoms with E-state index in [0.29, 0.717) is 5.56 Å². The van der Waals surface area contributed by atoms with E-state index in [1.807, 2.05) is 25.2 Å². The predicted molar refractivity (Wildman–Crippen MR) is 97.2 cm³/mol. The number of aromatic nitrogens is 3. The molecule has 3 heterocycles. The van der Waals surface area contributed by atoms with E-state index in [1.54, 1.807) is 17.1 Å². The van der Waals surface area contributed by atoms with Gasteiger partial charge in [-0.2, -0.15) is 5.10 Å². The van der Waals surface area contributed by atoms with Crippen molar-refractivity contribution in [2.75, 3.05) is 25.0 Å². The minimum absolute atomic E-state index is 0.0412. The lowest BCUT2D eigenvalue weighted by Gasteiger charge is -2.37. The average molecular weight is 392 g/mol. The van der Waals surface area contributed by atoms with Crippen molar-refractivity contribution in [2.45, 2.75) is 25.8 Å². The first-order valence-corrected chi connectivity index (χ1v) is 8.88. The zero-order chi connectivity index (χ0) is 17.3. The number of hydrogen-bond donors (Lipinski definition) is 0. The Labute approximate surface area is 150 Å². The van der Waals surface area contributed by atoms with Crippen molar-refractivity contribution in [1.82, 2.24) is 19.7 Å². The number of pyridine rings is 1. The van der Waals surface area contributed by atoms with Crippen molar-refractivity contribution in [3.05, 3.63) is 40.3 Å². The molecule has 0 saturated carbocycles. The first kappa shape index (κ1) is 17.0. The molecule has 0 radical (unpaired) electrons. The number of amides is 1. The minimum Gasteiger partial charge on any atom is -0.356 e. The Kier molecular flexibility index (Phi) is 4.89. The largest absolute Gasteiger partial charge is 0.356 e. The van der Waals surface area contributed by atoms with Crippen LogP contribution in [0, 0.1) is 6.92 Å². The third-order valence-electron chi connectivity index (χ3n) is 4.60. The van der Waals surface area contributed by atoms with Gasteiger partial charge < -0.3 is 9.80 Å². The van der Waals surface area contributed by atoms with E-state index in [0.717, 1.165) is 36.2 Å². The van der Waals surface area contributed by atoms with Crippen LogP contribution in [0.3, 0.4) is 0 Å². The van der Waals surface area contributed by atoms with Gasteiger partial charge in [0.1, 0.15) is 5.82 Å². The van der Waals surface area contributed by atoms with Gasteiger partial charge in [-0.05, 0) is 47.3 Å². The van der Waals surface area contributed by atoms with Crippen LogP contribution in [-0.4, -0.2) is 51.8 Å². The molecule has 0 aliphatic carbocycles. The van der Waals surface area contributed by atoms with E-state index >= 15 is 0 Å². The lowest BCUT2D eigenvalue weighted by Crippen LogP contribution is -2.46. The second kappa shape index (κ2) is 6.93. The number of carbonyl (C=O) groups excluding carboxylic acids is 1. The summed E-state index contributed by atoms with van der Waals surface area (Å²) in [7, 11) is 3.71. The molecule has 0 unspecified atom stereocenters. The van der Waals surface area contributed by atoms with Gasteiger partial charge in [-0.1, -0.05) is 0 Å². The zero-order valence-electron chi connectivity index (χ0n) is 14.2.